The van der Waals surface area contributed by atoms with Crippen LogP contribution < -0.4 is 0 Å². The predicted molar refractivity (Wildman–Crippen MR) is 59.8 cm³/mol. The quantitative estimate of drug-likeness (QED) is 0.585. The molecule has 0 spiro atoms. The van der Waals surface area contributed by atoms with Crippen molar-refractivity contribution in [3.63, 3.8) is 0 Å². The Balaban J connectivity index is 2.83. The Hall–Kier alpha value is -1.58. The van der Waals surface area contributed by atoms with Crippen LogP contribution in [0.4, 0.5) is 8.78 Å². The van der Waals surface area contributed by atoms with Gasteiger partial charge in [-0.25, -0.2) is 8.78 Å². The molecule has 0 N–H and O–H groups in total. The van der Waals surface area contributed by atoms with Gasteiger partial charge in [0.1, 0.15) is 17.4 Å². The molecule has 1 atom stereocenters. The summed E-state index contributed by atoms with van der Waals surface area (Å²) < 4.78 is 26.1. The zero-order chi connectivity index (χ0) is 13.0. The van der Waals surface area contributed by atoms with Gasteiger partial charge in [-0.3, -0.25) is 9.59 Å². The fourth-order valence-electron chi connectivity index (χ4n) is 1.37. The molecule has 0 aromatic heterocycles. The van der Waals surface area contributed by atoms with Gasteiger partial charge in [-0.2, -0.15) is 0 Å². The molecular formula is C13H14F2O2. The summed E-state index contributed by atoms with van der Waals surface area (Å²) in [5, 5.41) is 0. The van der Waals surface area contributed by atoms with Gasteiger partial charge in [-0.15, -0.1) is 0 Å². The molecule has 0 fully saturated rings. The maximum Gasteiger partial charge on any atom is 0.173 e. The monoisotopic (exact) mass is 240 g/mol. The number of ketones is 2. The maximum absolute atomic E-state index is 13.3. The zero-order valence-electron chi connectivity index (χ0n) is 9.80. The number of hydrogen-bond acceptors (Lipinski definition) is 2. The van der Waals surface area contributed by atoms with Crippen LogP contribution >= 0.6 is 0 Å². The highest BCUT2D eigenvalue weighted by Crippen LogP contribution is 2.14. The van der Waals surface area contributed by atoms with Crippen LogP contribution in [0.1, 0.15) is 37.0 Å². The minimum absolute atomic E-state index is 0.240. The summed E-state index contributed by atoms with van der Waals surface area (Å²) >= 11 is 0. The number of rotatable bonds is 5. The van der Waals surface area contributed by atoms with Gasteiger partial charge in [-0.1, -0.05) is 13.8 Å². The minimum Gasteiger partial charge on any atom is -0.299 e. The van der Waals surface area contributed by atoms with E-state index in [1.807, 2.05) is 6.92 Å². The van der Waals surface area contributed by atoms with Crippen LogP contribution in [0, 0.1) is 17.6 Å². The van der Waals surface area contributed by atoms with Gasteiger partial charge in [0.25, 0.3) is 0 Å². The van der Waals surface area contributed by atoms with E-state index in [1.165, 1.54) is 0 Å². The molecule has 0 heterocycles. The van der Waals surface area contributed by atoms with E-state index < -0.39 is 17.4 Å². The number of halogens is 2. The number of Topliss-reactive ketones (excluding diaryl/α,β-unsaturated/α-hetero) is 2. The molecule has 0 saturated carbocycles. The Kier molecular flexibility index (Phi) is 4.49. The van der Waals surface area contributed by atoms with Crippen LogP contribution in [0.25, 0.3) is 0 Å². The number of benzene rings is 1. The molecule has 0 radical (unpaired) electrons. The molecule has 1 rings (SSSR count). The third-order valence-corrected chi connectivity index (χ3v) is 2.73. The molecule has 92 valence electrons. The minimum atomic E-state index is -0.798. The first-order valence-electron chi connectivity index (χ1n) is 5.46. The summed E-state index contributed by atoms with van der Waals surface area (Å²) in [4.78, 5) is 23.1. The Bertz CT molecular complexity index is 441. The van der Waals surface area contributed by atoms with Crippen molar-refractivity contribution >= 4 is 11.6 Å². The SMILES string of the molecule is CCC(C)C(=O)CC(=O)c1cc(F)ccc1F. The highest BCUT2D eigenvalue weighted by atomic mass is 19.1. The van der Waals surface area contributed by atoms with E-state index in [9.17, 15) is 18.4 Å². The lowest BCUT2D eigenvalue weighted by Gasteiger charge is -2.07. The molecule has 0 amide bonds. The van der Waals surface area contributed by atoms with E-state index in [1.54, 1.807) is 6.92 Å². The Morgan fingerprint density at radius 2 is 1.94 bits per heavy atom. The third kappa shape index (κ3) is 3.44. The molecule has 0 aliphatic rings. The topological polar surface area (TPSA) is 34.1 Å². The number of hydrogen-bond donors (Lipinski definition) is 0. The highest BCUT2D eigenvalue weighted by molar-refractivity contribution is 6.08. The smallest absolute Gasteiger partial charge is 0.173 e. The summed E-state index contributed by atoms with van der Waals surface area (Å²) in [7, 11) is 0. The summed E-state index contributed by atoms with van der Waals surface area (Å²) in [6.07, 6.45) is 0.243. The summed E-state index contributed by atoms with van der Waals surface area (Å²) in [6, 6.07) is 2.64. The van der Waals surface area contributed by atoms with Gasteiger partial charge in [-0.05, 0) is 24.6 Å². The third-order valence-electron chi connectivity index (χ3n) is 2.73. The number of carbonyl (C=O) groups is 2. The Morgan fingerprint density at radius 1 is 1.29 bits per heavy atom. The molecule has 0 saturated heterocycles. The standard InChI is InChI=1S/C13H14F2O2/c1-3-8(2)12(16)7-13(17)10-6-9(14)4-5-11(10)15/h4-6,8H,3,7H2,1-2H3. The lowest BCUT2D eigenvalue weighted by molar-refractivity contribution is -0.121. The fourth-order valence-corrected chi connectivity index (χ4v) is 1.37. The second-order valence-electron chi connectivity index (χ2n) is 4.00. The Morgan fingerprint density at radius 3 is 2.53 bits per heavy atom. The summed E-state index contributed by atoms with van der Waals surface area (Å²) in [5.41, 5.74) is -0.360. The molecule has 17 heavy (non-hydrogen) atoms. The first kappa shape index (κ1) is 13.5. The van der Waals surface area contributed by atoms with Crippen molar-refractivity contribution in [3.05, 3.63) is 35.4 Å². The molecule has 1 unspecified atom stereocenters. The Labute approximate surface area is 98.6 Å². The van der Waals surface area contributed by atoms with E-state index in [0.717, 1.165) is 18.2 Å². The second kappa shape index (κ2) is 5.66. The highest BCUT2D eigenvalue weighted by Gasteiger charge is 2.19. The molecule has 1 aromatic rings. The van der Waals surface area contributed by atoms with Crippen LogP contribution in [0.3, 0.4) is 0 Å². The molecule has 2 nitrogen and oxygen atoms in total. The van der Waals surface area contributed by atoms with Crippen molar-refractivity contribution in [1.82, 2.24) is 0 Å². The first-order valence-corrected chi connectivity index (χ1v) is 5.46. The lowest BCUT2D eigenvalue weighted by atomic mass is 9.96. The molecule has 4 heteroatoms. The molecule has 0 bridgehead atoms. The van der Waals surface area contributed by atoms with E-state index in [2.05, 4.69) is 0 Å². The van der Waals surface area contributed by atoms with Crippen LogP contribution in [0.2, 0.25) is 0 Å². The van der Waals surface area contributed by atoms with Gasteiger partial charge in [0.2, 0.25) is 0 Å². The van der Waals surface area contributed by atoms with E-state index >= 15 is 0 Å². The van der Waals surface area contributed by atoms with E-state index in [-0.39, 0.29) is 23.7 Å². The van der Waals surface area contributed by atoms with Crippen molar-refractivity contribution in [1.29, 1.82) is 0 Å². The van der Waals surface area contributed by atoms with Crippen LogP contribution in [0.5, 0.6) is 0 Å². The van der Waals surface area contributed by atoms with Crippen LogP contribution in [0.15, 0.2) is 18.2 Å². The van der Waals surface area contributed by atoms with E-state index in [4.69, 9.17) is 0 Å². The van der Waals surface area contributed by atoms with Gasteiger partial charge >= 0.3 is 0 Å². The normalized spacial score (nSPS) is 12.2. The number of carbonyl (C=O) groups excluding carboxylic acids is 2. The van der Waals surface area contributed by atoms with Crippen molar-refractivity contribution in [2.24, 2.45) is 5.92 Å². The largest absolute Gasteiger partial charge is 0.299 e. The van der Waals surface area contributed by atoms with Crippen LogP contribution in [-0.2, 0) is 4.79 Å². The van der Waals surface area contributed by atoms with Gasteiger partial charge < -0.3 is 0 Å². The lowest BCUT2D eigenvalue weighted by Crippen LogP contribution is -2.16. The second-order valence-corrected chi connectivity index (χ2v) is 4.00. The van der Waals surface area contributed by atoms with Crippen molar-refractivity contribution in [2.45, 2.75) is 26.7 Å². The first-order chi connectivity index (χ1) is 7.95. The predicted octanol–water partition coefficient (Wildman–Crippen LogP) is 3.15. The zero-order valence-corrected chi connectivity index (χ0v) is 9.80. The summed E-state index contributed by atoms with van der Waals surface area (Å²) in [5.74, 6) is -2.65. The van der Waals surface area contributed by atoms with Crippen LogP contribution in [-0.4, -0.2) is 11.6 Å². The average molecular weight is 240 g/mol. The molecule has 0 aliphatic heterocycles. The van der Waals surface area contributed by atoms with Crippen molar-refractivity contribution in [3.8, 4) is 0 Å². The molecular weight excluding hydrogens is 226 g/mol. The van der Waals surface area contributed by atoms with Crippen molar-refractivity contribution < 1.29 is 18.4 Å². The van der Waals surface area contributed by atoms with Gasteiger partial charge in [0.15, 0.2) is 5.78 Å². The van der Waals surface area contributed by atoms with Gasteiger partial charge in [0.05, 0.1) is 12.0 Å². The van der Waals surface area contributed by atoms with E-state index in [0.29, 0.717) is 6.42 Å². The maximum atomic E-state index is 13.3. The molecule has 0 aliphatic carbocycles. The fraction of sp³-hybridized carbons (Fsp3) is 0.385. The van der Waals surface area contributed by atoms with Crippen molar-refractivity contribution in [2.75, 3.05) is 0 Å². The average Bonchev–Trinajstić information content (AvgIpc) is 2.30. The summed E-state index contributed by atoms with van der Waals surface area (Å²) in [6.45, 7) is 3.54. The molecule has 1 aromatic carbocycles. The van der Waals surface area contributed by atoms with Gasteiger partial charge in [0, 0.05) is 5.92 Å².